The molecule has 3 aromatic rings. The third kappa shape index (κ3) is 3.88. The summed E-state index contributed by atoms with van der Waals surface area (Å²) >= 11 is 12.2. The summed E-state index contributed by atoms with van der Waals surface area (Å²) in [6.45, 7) is 7.57. The quantitative estimate of drug-likeness (QED) is 0.324. The average molecular weight is 441 g/mol. The molecule has 0 radical (unpaired) electrons. The lowest BCUT2D eigenvalue weighted by Gasteiger charge is -2.22. The van der Waals surface area contributed by atoms with Gasteiger partial charge in [0.25, 0.3) is 0 Å². The lowest BCUT2D eigenvalue weighted by Crippen LogP contribution is -2.22. The van der Waals surface area contributed by atoms with Gasteiger partial charge in [0.2, 0.25) is 12.7 Å². The van der Waals surface area contributed by atoms with Crippen LogP contribution in [0.1, 0.15) is 38.2 Å². The van der Waals surface area contributed by atoms with Crippen molar-refractivity contribution in [2.45, 2.75) is 27.7 Å². The van der Waals surface area contributed by atoms with Crippen molar-refractivity contribution < 1.29 is 9.36 Å². The normalized spacial score (nSPS) is 13.0. The van der Waals surface area contributed by atoms with Crippen LogP contribution in [0, 0.1) is 27.7 Å². The van der Waals surface area contributed by atoms with Crippen molar-refractivity contribution in [2.24, 2.45) is 0 Å². The molecule has 3 aromatic carbocycles. The fourth-order valence-corrected chi connectivity index (χ4v) is 7.50. The van der Waals surface area contributed by atoms with E-state index in [0.717, 1.165) is 22.3 Å². The van der Waals surface area contributed by atoms with E-state index in [1.807, 2.05) is 58.0 Å². The number of carbonyl (C=O) groups excluding carboxylic acids is 1. The predicted molar refractivity (Wildman–Crippen MR) is 127 cm³/mol. The van der Waals surface area contributed by atoms with Gasteiger partial charge < -0.3 is 4.57 Å². The second-order valence-electron chi connectivity index (χ2n) is 7.26. The number of thiocarbonyl (C=S) groups is 1. The summed E-state index contributed by atoms with van der Waals surface area (Å²) in [6, 6.07) is 18.0. The van der Waals surface area contributed by atoms with Crippen LogP contribution < -0.4 is 5.30 Å². The van der Waals surface area contributed by atoms with Gasteiger partial charge in [0.1, 0.15) is 0 Å². The van der Waals surface area contributed by atoms with Crippen LogP contribution in [0.4, 0.5) is 0 Å². The Balaban J connectivity index is 2.31. The van der Waals surface area contributed by atoms with Crippen molar-refractivity contribution in [3.8, 4) is 0 Å². The molecule has 3 rings (SSSR count). The topological polar surface area (TPSA) is 34.1 Å². The fourth-order valence-electron chi connectivity index (χ4n) is 3.70. The van der Waals surface area contributed by atoms with E-state index in [9.17, 15) is 9.36 Å². The minimum absolute atomic E-state index is 0.108. The Morgan fingerprint density at radius 3 is 1.97 bits per heavy atom. The van der Waals surface area contributed by atoms with Gasteiger partial charge in [0.15, 0.2) is 0 Å². The first-order chi connectivity index (χ1) is 13.7. The Labute approximate surface area is 182 Å². The molecule has 1 atom stereocenters. The lowest BCUT2D eigenvalue weighted by atomic mass is 10.0. The molecule has 0 spiro atoms. The van der Waals surface area contributed by atoms with E-state index in [0.29, 0.717) is 21.5 Å². The van der Waals surface area contributed by atoms with E-state index in [4.69, 9.17) is 23.8 Å². The van der Waals surface area contributed by atoms with E-state index in [-0.39, 0.29) is 4.61 Å². The molecule has 0 bridgehead atoms. The van der Waals surface area contributed by atoms with Crippen molar-refractivity contribution >= 4 is 46.4 Å². The second-order valence-corrected chi connectivity index (χ2v) is 11.0. The molecule has 0 aromatic heterocycles. The van der Waals surface area contributed by atoms with Gasteiger partial charge in [-0.25, -0.2) is 0 Å². The molecule has 1 unspecified atom stereocenters. The molecular weight excluding hydrogens is 419 g/mol. The highest BCUT2D eigenvalue weighted by Gasteiger charge is 2.41. The van der Waals surface area contributed by atoms with Crippen LogP contribution in [0.5, 0.6) is 0 Å². The van der Waals surface area contributed by atoms with Gasteiger partial charge >= 0.3 is 0 Å². The Morgan fingerprint density at radius 1 is 0.828 bits per heavy atom. The maximum absolute atomic E-state index is 14.6. The lowest BCUT2D eigenvalue weighted by molar-refractivity contribution is 0.107. The Hall–Kier alpha value is -2.06. The van der Waals surface area contributed by atoms with Gasteiger partial charge in [0.05, 0.1) is 4.61 Å². The van der Waals surface area contributed by atoms with Gasteiger partial charge in [-0.2, -0.15) is 0 Å². The zero-order valence-electron chi connectivity index (χ0n) is 16.8. The van der Waals surface area contributed by atoms with Crippen LogP contribution >= 0.6 is 31.0 Å². The van der Waals surface area contributed by atoms with Crippen molar-refractivity contribution in [1.82, 2.24) is 0 Å². The standard InChI is InChI=1S/C24H22ClO2PS/c1-15-13-17(3)21(18(4)14-15)23(26)28(27,19-10-6-5-7-11-19)24(29)22-16(2)9-8-12-20(22)25/h5-14H,1-4H3. The number of hydrogen-bond donors (Lipinski definition) is 0. The number of carbonyl (C=O) groups is 1. The minimum atomic E-state index is -3.81. The van der Waals surface area contributed by atoms with Gasteiger partial charge in [-0.3, -0.25) is 4.79 Å². The highest BCUT2D eigenvalue weighted by Crippen LogP contribution is 2.53. The molecule has 0 heterocycles. The molecule has 0 amide bonds. The van der Waals surface area contributed by atoms with Crippen LogP contribution in [0.3, 0.4) is 0 Å². The highest BCUT2D eigenvalue weighted by atomic mass is 35.5. The molecule has 29 heavy (non-hydrogen) atoms. The van der Waals surface area contributed by atoms with Gasteiger partial charge in [0, 0.05) is 21.5 Å². The zero-order valence-corrected chi connectivity index (χ0v) is 19.3. The van der Waals surface area contributed by atoms with Crippen LogP contribution in [-0.4, -0.2) is 10.1 Å². The van der Waals surface area contributed by atoms with E-state index >= 15 is 0 Å². The second kappa shape index (κ2) is 8.36. The number of rotatable bonds is 5. The first-order valence-corrected chi connectivity index (χ1v) is 11.8. The molecule has 2 nitrogen and oxygen atoms in total. The van der Waals surface area contributed by atoms with Gasteiger partial charge in [-0.05, 0) is 50.5 Å². The summed E-state index contributed by atoms with van der Waals surface area (Å²) in [5.74, 6) is 0. The Bertz CT molecular complexity index is 1130. The molecule has 0 aliphatic rings. The van der Waals surface area contributed by atoms with E-state index in [1.165, 1.54) is 0 Å². The fraction of sp³-hybridized carbons (Fsp3) is 0.167. The monoisotopic (exact) mass is 440 g/mol. The van der Waals surface area contributed by atoms with Crippen LogP contribution in [0.25, 0.3) is 0 Å². The first kappa shape index (κ1) is 21.6. The number of halogens is 1. The van der Waals surface area contributed by atoms with Crippen LogP contribution in [-0.2, 0) is 4.57 Å². The average Bonchev–Trinajstić information content (AvgIpc) is 2.66. The van der Waals surface area contributed by atoms with E-state index in [2.05, 4.69) is 0 Å². The third-order valence-electron chi connectivity index (χ3n) is 5.02. The molecule has 0 aliphatic heterocycles. The largest absolute Gasteiger partial charge is 0.304 e. The summed E-state index contributed by atoms with van der Waals surface area (Å²) in [5.41, 5.74) is 3.97. The van der Waals surface area contributed by atoms with Crippen molar-refractivity contribution in [1.29, 1.82) is 0 Å². The number of benzene rings is 3. The van der Waals surface area contributed by atoms with Crippen molar-refractivity contribution in [3.63, 3.8) is 0 Å². The summed E-state index contributed by atoms with van der Waals surface area (Å²) in [5, 5.41) is 0.824. The van der Waals surface area contributed by atoms with Crippen LogP contribution in [0.2, 0.25) is 5.02 Å². The molecule has 0 saturated heterocycles. The van der Waals surface area contributed by atoms with Gasteiger partial charge in [-0.1, -0.05) is 84.0 Å². The summed E-state index contributed by atoms with van der Waals surface area (Å²) in [6.07, 6.45) is 0. The predicted octanol–water partition coefficient (Wildman–Crippen LogP) is 6.78. The minimum Gasteiger partial charge on any atom is -0.304 e. The molecule has 0 N–H and O–H groups in total. The van der Waals surface area contributed by atoms with Crippen molar-refractivity contribution in [2.75, 3.05) is 0 Å². The molecule has 5 heteroatoms. The Morgan fingerprint density at radius 2 is 1.41 bits per heavy atom. The maximum Gasteiger partial charge on any atom is 0.231 e. The smallest absolute Gasteiger partial charge is 0.231 e. The van der Waals surface area contributed by atoms with Gasteiger partial charge in [-0.15, -0.1) is 0 Å². The highest BCUT2D eigenvalue weighted by molar-refractivity contribution is 8.12. The molecule has 0 aliphatic carbocycles. The molecular formula is C24H22ClO2PS. The summed E-state index contributed by atoms with van der Waals surface area (Å²) in [7, 11) is -3.81. The first-order valence-electron chi connectivity index (χ1n) is 9.26. The zero-order chi connectivity index (χ0) is 21.3. The SMILES string of the molecule is Cc1cc(C)c(C(=O)P(=O)(C(=S)c2c(C)cccc2Cl)c2ccccc2)c(C)c1. The third-order valence-corrected chi connectivity index (χ3v) is 8.93. The van der Waals surface area contributed by atoms with E-state index < -0.39 is 12.7 Å². The summed E-state index contributed by atoms with van der Waals surface area (Å²) < 4.78 is 14.7. The maximum atomic E-state index is 14.6. The molecule has 0 fully saturated rings. The number of aryl methyl sites for hydroxylation is 4. The molecule has 148 valence electrons. The summed E-state index contributed by atoms with van der Waals surface area (Å²) in [4.78, 5) is 13.9. The molecule has 0 saturated carbocycles. The Kier molecular flexibility index (Phi) is 6.24. The van der Waals surface area contributed by atoms with E-state index in [1.54, 1.807) is 30.3 Å². The van der Waals surface area contributed by atoms with Crippen LogP contribution in [0.15, 0.2) is 60.7 Å². The van der Waals surface area contributed by atoms with Crippen molar-refractivity contribution in [3.05, 3.63) is 99.1 Å². The number of hydrogen-bond acceptors (Lipinski definition) is 3.